The van der Waals surface area contributed by atoms with Crippen molar-refractivity contribution >= 4 is 0 Å². The Morgan fingerprint density at radius 1 is 1.20 bits per heavy atom. The lowest BCUT2D eigenvalue weighted by atomic mass is 9.75. The number of hydrogen-bond donors (Lipinski definition) is 2. The predicted molar refractivity (Wildman–Crippen MR) is 60.5 cm³/mol. The molecule has 3 atom stereocenters. The normalized spacial score (nSPS) is 37.4. The van der Waals surface area contributed by atoms with Crippen LogP contribution in [0.1, 0.15) is 45.4 Å². The van der Waals surface area contributed by atoms with E-state index < -0.39 is 0 Å². The Morgan fingerprint density at radius 2 is 1.93 bits per heavy atom. The van der Waals surface area contributed by atoms with Crippen molar-refractivity contribution < 1.29 is 10.2 Å². The molecule has 0 aliphatic heterocycles. The van der Waals surface area contributed by atoms with E-state index in [0.29, 0.717) is 11.8 Å². The highest BCUT2D eigenvalue weighted by Crippen LogP contribution is 2.42. The fourth-order valence-electron chi connectivity index (χ4n) is 3.36. The highest BCUT2D eigenvalue weighted by molar-refractivity contribution is 5.23. The van der Waals surface area contributed by atoms with Crippen LogP contribution in [0.2, 0.25) is 0 Å². The second-order valence-corrected chi connectivity index (χ2v) is 5.12. The van der Waals surface area contributed by atoms with E-state index in [1.807, 2.05) is 0 Å². The molecule has 2 aliphatic rings. The second kappa shape index (κ2) is 4.67. The molecule has 0 heterocycles. The molecule has 1 fully saturated rings. The number of aliphatic hydroxyl groups excluding tert-OH is 2. The molecular weight excluding hydrogens is 188 g/mol. The van der Waals surface area contributed by atoms with Crippen LogP contribution in [-0.4, -0.2) is 22.9 Å². The average Bonchev–Trinajstić information content (AvgIpc) is 2.60. The van der Waals surface area contributed by atoms with Crippen LogP contribution in [0.15, 0.2) is 11.1 Å². The molecule has 0 saturated heterocycles. The summed E-state index contributed by atoms with van der Waals surface area (Å²) in [6.45, 7) is 2.32. The molecule has 2 nitrogen and oxygen atoms in total. The SMILES string of the molecule is CC1=C(CO)[C@@H]([C@@H]2CCCC[C@H]2O)CC1. The van der Waals surface area contributed by atoms with Crippen molar-refractivity contribution in [3.05, 3.63) is 11.1 Å². The van der Waals surface area contributed by atoms with Crippen LogP contribution >= 0.6 is 0 Å². The van der Waals surface area contributed by atoms with Crippen molar-refractivity contribution in [1.82, 2.24) is 0 Å². The van der Waals surface area contributed by atoms with Crippen LogP contribution in [0.3, 0.4) is 0 Å². The van der Waals surface area contributed by atoms with Crippen molar-refractivity contribution in [2.45, 2.75) is 51.6 Å². The summed E-state index contributed by atoms with van der Waals surface area (Å²) in [7, 11) is 0. The van der Waals surface area contributed by atoms with Gasteiger partial charge in [0.2, 0.25) is 0 Å². The Labute approximate surface area is 92.0 Å². The third-order valence-electron chi connectivity index (χ3n) is 4.29. The van der Waals surface area contributed by atoms with Crippen molar-refractivity contribution in [1.29, 1.82) is 0 Å². The van der Waals surface area contributed by atoms with Gasteiger partial charge in [0, 0.05) is 0 Å². The summed E-state index contributed by atoms with van der Waals surface area (Å²) in [5.74, 6) is 0.878. The van der Waals surface area contributed by atoms with Crippen LogP contribution in [0.25, 0.3) is 0 Å². The van der Waals surface area contributed by atoms with E-state index in [1.54, 1.807) is 0 Å². The third-order valence-corrected chi connectivity index (χ3v) is 4.29. The zero-order chi connectivity index (χ0) is 10.8. The van der Waals surface area contributed by atoms with Gasteiger partial charge in [-0.25, -0.2) is 0 Å². The molecule has 2 aliphatic carbocycles. The second-order valence-electron chi connectivity index (χ2n) is 5.12. The highest BCUT2D eigenvalue weighted by Gasteiger charge is 2.35. The summed E-state index contributed by atoms with van der Waals surface area (Å²) in [5, 5.41) is 19.4. The van der Waals surface area contributed by atoms with Crippen molar-refractivity contribution in [2.24, 2.45) is 11.8 Å². The molecule has 2 N–H and O–H groups in total. The van der Waals surface area contributed by atoms with Crippen molar-refractivity contribution in [3.8, 4) is 0 Å². The lowest BCUT2D eigenvalue weighted by Crippen LogP contribution is -2.31. The van der Waals surface area contributed by atoms with Crippen LogP contribution in [0.4, 0.5) is 0 Å². The van der Waals surface area contributed by atoms with Gasteiger partial charge in [-0.2, -0.15) is 0 Å². The highest BCUT2D eigenvalue weighted by atomic mass is 16.3. The average molecular weight is 210 g/mol. The van der Waals surface area contributed by atoms with E-state index in [1.165, 1.54) is 24.0 Å². The van der Waals surface area contributed by atoms with Gasteiger partial charge in [-0.05, 0) is 50.0 Å². The fraction of sp³-hybridized carbons (Fsp3) is 0.846. The van der Waals surface area contributed by atoms with Gasteiger partial charge in [0.15, 0.2) is 0 Å². The maximum atomic E-state index is 10.0. The van der Waals surface area contributed by atoms with Gasteiger partial charge in [-0.3, -0.25) is 0 Å². The Bertz CT molecular complexity index is 257. The first-order valence-electron chi connectivity index (χ1n) is 6.21. The third kappa shape index (κ3) is 2.11. The summed E-state index contributed by atoms with van der Waals surface area (Å²) in [4.78, 5) is 0. The van der Waals surface area contributed by atoms with Gasteiger partial charge in [-0.1, -0.05) is 18.4 Å². The standard InChI is InChI=1S/C13H22O2/c1-9-6-7-10(12(9)8-14)11-4-2-3-5-13(11)15/h10-11,13-15H,2-8H2,1H3/t10-,11+,13-/m1/s1. The van der Waals surface area contributed by atoms with Gasteiger partial charge in [0.05, 0.1) is 12.7 Å². The summed E-state index contributed by atoms with van der Waals surface area (Å²) < 4.78 is 0. The van der Waals surface area contributed by atoms with Crippen LogP contribution in [0, 0.1) is 11.8 Å². The Kier molecular flexibility index (Phi) is 3.47. The molecule has 1 saturated carbocycles. The van der Waals surface area contributed by atoms with E-state index >= 15 is 0 Å². The first-order chi connectivity index (χ1) is 7.24. The first-order valence-corrected chi connectivity index (χ1v) is 6.21. The molecule has 0 amide bonds. The van der Waals surface area contributed by atoms with Gasteiger partial charge < -0.3 is 10.2 Å². The fourth-order valence-corrected chi connectivity index (χ4v) is 3.36. The number of allylic oxidation sites excluding steroid dienone is 1. The van der Waals surface area contributed by atoms with Crippen LogP contribution in [-0.2, 0) is 0 Å². The first kappa shape index (κ1) is 11.2. The van der Waals surface area contributed by atoms with E-state index in [2.05, 4.69) is 6.92 Å². The molecule has 0 spiro atoms. The molecule has 15 heavy (non-hydrogen) atoms. The number of hydrogen-bond acceptors (Lipinski definition) is 2. The summed E-state index contributed by atoms with van der Waals surface area (Å²) in [6, 6.07) is 0. The van der Waals surface area contributed by atoms with Crippen molar-refractivity contribution in [3.63, 3.8) is 0 Å². The minimum Gasteiger partial charge on any atom is -0.393 e. The quantitative estimate of drug-likeness (QED) is 0.686. The largest absolute Gasteiger partial charge is 0.393 e. The molecule has 2 rings (SSSR count). The lowest BCUT2D eigenvalue weighted by Gasteiger charge is -2.33. The molecule has 0 aromatic heterocycles. The molecule has 0 aromatic carbocycles. The Hall–Kier alpha value is -0.340. The molecule has 2 heteroatoms. The lowest BCUT2D eigenvalue weighted by molar-refractivity contribution is 0.0432. The molecule has 0 bridgehead atoms. The molecule has 0 unspecified atom stereocenters. The van der Waals surface area contributed by atoms with Gasteiger partial charge in [0.25, 0.3) is 0 Å². The monoisotopic (exact) mass is 210 g/mol. The molecule has 0 radical (unpaired) electrons. The van der Waals surface area contributed by atoms with Gasteiger partial charge in [0.1, 0.15) is 0 Å². The van der Waals surface area contributed by atoms with E-state index in [4.69, 9.17) is 0 Å². The Balaban J connectivity index is 2.10. The number of aliphatic hydroxyl groups is 2. The van der Waals surface area contributed by atoms with E-state index in [9.17, 15) is 10.2 Å². The van der Waals surface area contributed by atoms with Crippen LogP contribution in [0.5, 0.6) is 0 Å². The van der Waals surface area contributed by atoms with E-state index in [0.717, 1.165) is 25.7 Å². The van der Waals surface area contributed by atoms with Crippen molar-refractivity contribution in [2.75, 3.05) is 6.61 Å². The van der Waals surface area contributed by atoms with Gasteiger partial charge >= 0.3 is 0 Å². The molecule has 86 valence electrons. The molecule has 0 aromatic rings. The smallest absolute Gasteiger partial charge is 0.0647 e. The minimum absolute atomic E-state index is 0.129. The number of rotatable bonds is 2. The van der Waals surface area contributed by atoms with E-state index in [-0.39, 0.29) is 12.7 Å². The summed E-state index contributed by atoms with van der Waals surface area (Å²) >= 11 is 0. The maximum Gasteiger partial charge on any atom is 0.0647 e. The predicted octanol–water partition coefficient (Wildman–Crippen LogP) is 2.26. The van der Waals surface area contributed by atoms with Crippen LogP contribution < -0.4 is 0 Å². The zero-order valence-electron chi connectivity index (χ0n) is 9.58. The molecular formula is C13H22O2. The maximum absolute atomic E-state index is 10.0. The van der Waals surface area contributed by atoms with Gasteiger partial charge in [-0.15, -0.1) is 0 Å². The summed E-state index contributed by atoms with van der Waals surface area (Å²) in [5.41, 5.74) is 2.58. The summed E-state index contributed by atoms with van der Waals surface area (Å²) in [6.07, 6.45) is 6.64. The zero-order valence-corrected chi connectivity index (χ0v) is 9.58. The topological polar surface area (TPSA) is 40.5 Å². The minimum atomic E-state index is -0.129. The Morgan fingerprint density at radius 3 is 2.60 bits per heavy atom.